The van der Waals surface area contributed by atoms with Gasteiger partial charge in [0.2, 0.25) is 0 Å². The van der Waals surface area contributed by atoms with Gasteiger partial charge in [-0.05, 0) is 31.4 Å². The van der Waals surface area contributed by atoms with Crippen LogP contribution in [-0.4, -0.2) is 32.7 Å². The lowest BCUT2D eigenvalue weighted by Crippen LogP contribution is -2.29. The molecular formula is C22H29NO3S2. The van der Waals surface area contributed by atoms with E-state index in [1.165, 1.54) is 23.7 Å². The Bertz CT molecular complexity index is 730. The minimum atomic E-state index is -0.704. The van der Waals surface area contributed by atoms with E-state index in [4.69, 9.17) is 17.3 Å². The molecule has 0 aliphatic carbocycles. The molecule has 0 bridgehead atoms. The van der Waals surface area contributed by atoms with Gasteiger partial charge in [-0.15, -0.1) is 0 Å². The van der Waals surface area contributed by atoms with Crippen LogP contribution >= 0.6 is 24.0 Å². The van der Waals surface area contributed by atoms with Gasteiger partial charge in [0.25, 0.3) is 5.91 Å². The quantitative estimate of drug-likeness (QED) is 0.264. The molecule has 1 N–H and O–H groups in total. The van der Waals surface area contributed by atoms with E-state index < -0.39 is 5.97 Å². The van der Waals surface area contributed by atoms with E-state index in [9.17, 15) is 9.59 Å². The van der Waals surface area contributed by atoms with Gasteiger partial charge in [-0.1, -0.05) is 92.3 Å². The Hall–Kier alpha value is -1.66. The van der Waals surface area contributed by atoms with E-state index in [2.05, 4.69) is 6.07 Å². The van der Waals surface area contributed by atoms with Gasteiger partial charge < -0.3 is 5.11 Å². The Balaban J connectivity index is 1.64. The van der Waals surface area contributed by atoms with Gasteiger partial charge in [-0.25, -0.2) is 0 Å². The highest BCUT2D eigenvalue weighted by molar-refractivity contribution is 8.26. The summed E-state index contributed by atoms with van der Waals surface area (Å²) in [5.74, 6) is -0.681. The number of thioether (sulfide) groups is 1. The summed E-state index contributed by atoms with van der Waals surface area (Å²) in [4.78, 5) is 25.5. The van der Waals surface area contributed by atoms with Crippen LogP contribution in [0.25, 0.3) is 6.08 Å². The number of aryl methyl sites for hydroxylation is 1. The van der Waals surface area contributed by atoms with Crippen molar-refractivity contribution in [2.45, 2.75) is 64.7 Å². The molecule has 1 aliphatic heterocycles. The molecule has 6 heteroatoms. The topological polar surface area (TPSA) is 57.6 Å². The molecule has 0 saturated carbocycles. The van der Waals surface area contributed by atoms with Crippen LogP contribution in [-0.2, 0) is 9.59 Å². The molecule has 1 aromatic carbocycles. The monoisotopic (exact) mass is 419 g/mol. The van der Waals surface area contributed by atoms with Crippen LogP contribution < -0.4 is 0 Å². The second-order valence-electron chi connectivity index (χ2n) is 7.22. The first-order chi connectivity index (χ1) is 13.5. The van der Waals surface area contributed by atoms with Crippen molar-refractivity contribution in [3.63, 3.8) is 0 Å². The Morgan fingerprint density at radius 3 is 2.39 bits per heavy atom. The summed E-state index contributed by atoms with van der Waals surface area (Å²) in [5.41, 5.74) is 2.20. The Labute approximate surface area is 177 Å². The Morgan fingerprint density at radius 1 is 1.11 bits per heavy atom. The third kappa shape index (κ3) is 7.76. The van der Waals surface area contributed by atoms with E-state index in [0.29, 0.717) is 15.8 Å². The smallest absolute Gasteiger partial charge is 0.303 e. The van der Waals surface area contributed by atoms with Crippen LogP contribution in [0, 0.1) is 6.92 Å². The maximum absolute atomic E-state index is 12.6. The van der Waals surface area contributed by atoms with Crippen molar-refractivity contribution < 1.29 is 14.7 Å². The van der Waals surface area contributed by atoms with E-state index >= 15 is 0 Å². The van der Waals surface area contributed by atoms with Gasteiger partial charge in [-0.3, -0.25) is 14.5 Å². The Kier molecular flexibility index (Phi) is 9.71. The number of carboxylic acid groups (broad SMARTS) is 1. The van der Waals surface area contributed by atoms with Crippen LogP contribution in [0.15, 0.2) is 29.2 Å². The fourth-order valence-electron chi connectivity index (χ4n) is 3.21. The van der Waals surface area contributed by atoms with Crippen molar-refractivity contribution in [1.29, 1.82) is 0 Å². The van der Waals surface area contributed by atoms with Gasteiger partial charge in [-0.2, -0.15) is 0 Å². The number of carboxylic acids is 1. The van der Waals surface area contributed by atoms with Crippen LogP contribution in [0.2, 0.25) is 0 Å². The van der Waals surface area contributed by atoms with Gasteiger partial charge in [0.1, 0.15) is 4.32 Å². The van der Waals surface area contributed by atoms with Crippen LogP contribution in [0.5, 0.6) is 0 Å². The lowest BCUT2D eigenvalue weighted by Gasteiger charge is -2.14. The molecule has 0 radical (unpaired) electrons. The highest BCUT2D eigenvalue weighted by Crippen LogP contribution is 2.32. The fraction of sp³-hybridized carbons (Fsp3) is 0.500. The third-order valence-corrected chi connectivity index (χ3v) is 6.11. The highest BCUT2D eigenvalue weighted by Gasteiger charge is 2.31. The van der Waals surface area contributed by atoms with E-state index in [0.717, 1.165) is 50.5 Å². The van der Waals surface area contributed by atoms with Crippen LogP contribution in [0.1, 0.15) is 68.9 Å². The first-order valence-corrected chi connectivity index (χ1v) is 11.2. The summed E-state index contributed by atoms with van der Waals surface area (Å²) in [6, 6.07) is 8.10. The van der Waals surface area contributed by atoms with Gasteiger partial charge in [0, 0.05) is 13.0 Å². The van der Waals surface area contributed by atoms with Crippen LogP contribution in [0.4, 0.5) is 0 Å². The maximum atomic E-state index is 12.6. The van der Waals surface area contributed by atoms with Gasteiger partial charge in [0.05, 0.1) is 4.91 Å². The average Bonchev–Trinajstić information content (AvgIpc) is 2.90. The molecule has 1 aliphatic rings. The van der Waals surface area contributed by atoms with Crippen molar-refractivity contribution in [3.05, 3.63) is 40.3 Å². The molecule has 152 valence electrons. The molecule has 1 aromatic rings. The number of rotatable bonds is 12. The predicted molar refractivity (Wildman–Crippen MR) is 120 cm³/mol. The van der Waals surface area contributed by atoms with Crippen LogP contribution in [0.3, 0.4) is 0 Å². The molecule has 0 aromatic heterocycles. The number of nitrogens with zero attached hydrogens (tertiary/aromatic N) is 1. The molecular weight excluding hydrogens is 390 g/mol. The van der Waals surface area contributed by atoms with Crippen molar-refractivity contribution in [2.24, 2.45) is 0 Å². The van der Waals surface area contributed by atoms with Gasteiger partial charge >= 0.3 is 5.97 Å². The summed E-state index contributed by atoms with van der Waals surface area (Å²) < 4.78 is 0.655. The van der Waals surface area contributed by atoms with Gasteiger partial charge in [0.15, 0.2) is 0 Å². The number of carbonyl (C=O) groups is 2. The SMILES string of the molecule is Cc1cccc(C=C2SC(=S)N(CCCCCCCCCCC(=O)O)C2=O)c1. The molecule has 1 heterocycles. The van der Waals surface area contributed by atoms with E-state index in [1.54, 1.807) is 4.90 Å². The molecule has 1 fully saturated rings. The minimum Gasteiger partial charge on any atom is -0.481 e. The second-order valence-corrected chi connectivity index (χ2v) is 8.90. The van der Waals surface area contributed by atoms with Crippen molar-refractivity contribution in [2.75, 3.05) is 6.54 Å². The van der Waals surface area contributed by atoms with Crippen molar-refractivity contribution in [3.8, 4) is 0 Å². The number of benzene rings is 1. The molecule has 0 spiro atoms. The molecule has 4 nitrogen and oxygen atoms in total. The summed E-state index contributed by atoms with van der Waals surface area (Å²) in [6.07, 6.45) is 10.6. The standard InChI is InChI=1S/C22H29NO3S2/c1-17-11-10-12-18(15-17)16-19-21(26)23(22(27)28-19)14-9-7-5-3-2-4-6-8-13-20(24)25/h10-12,15-16H,2-9,13-14H2,1H3,(H,24,25). The number of hydrogen-bond acceptors (Lipinski definition) is 4. The maximum Gasteiger partial charge on any atom is 0.303 e. The molecule has 1 amide bonds. The molecule has 0 unspecified atom stereocenters. The molecule has 28 heavy (non-hydrogen) atoms. The average molecular weight is 420 g/mol. The third-order valence-electron chi connectivity index (χ3n) is 4.74. The van der Waals surface area contributed by atoms with Crippen molar-refractivity contribution in [1.82, 2.24) is 4.90 Å². The fourth-order valence-corrected chi connectivity index (χ4v) is 4.52. The first kappa shape index (κ1) is 22.6. The largest absolute Gasteiger partial charge is 0.481 e. The summed E-state index contributed by atoms with van der Waals surface area (Å²) in [5, 5.41) is 8.60. The zero-order valence-electron chi connectivity index (χ0n) is 16.5. The molecule has 0 atom stereocenters. The molecule has 1 saturated heterocycles. The zero-order valence-corrected chi connectivity index (χ0v) is 18.1. The number of amides is 1. The first-order valence-electron chi connectivity index (χ1n) is 10.0. The normalized spacial score (nSPS) is 15.6. The summed E-state index contributed by atoms with van der Waals surface area (Å²) in [7, 11) is 0. The van der Waals surface area contributed by atoms with E-state index in [1.807, 2.05) is 31.2 Å². The number of hydrogen-bond donors (Lipinski definition) is 1. The molecule has 2 rings (SSSR count). The number of carbonyl (C=O) groups excluding carboxylic acids is 1. The Morgan fingerprint density at radius 2 is 1.75 bits per heavy atom. The summed E-state index contributed by atoms with van der Waals surface area (Å²) >= 11 is 6.79. The number of thiocarbonyl (C=S) groups is 1. The lowest BCUT2D eigenvalue weighted by molar-refractivity contribution is -0.137. The zero-order chi connectivity index (χ0) is 20.4. The minimum absolute atomic E-state index is 0.0231. The highest BCUT2D eigenvalue weighted by atomic mass is 32.2. The number of aliphatic carboxylic acids is 1. The lowest BCUT2D eigenvalue weighted by atomic mass is 10.1. The van der Waals surface area contributed by atoms with Crippen molar-refractivity contribution >= 4 is 46.3 Å². The predicted octanol–water partition coefficient (Wildman–Crippen LogP) is 5.79. The number of unbranched alkanes of at least 4 members (excludes halogenated alkanes) is 7. The van der Waals surface area contributed by atoms with E-state index in [-0.39, 0.29) is 12.3 Å². The second kappa shape index (κ2) is 12.0. The summed E-state index contributed by atoms with van der Waals surface area (Å²) in [6.45, 7) is 2.73.